The second-order valence-corrected chi connectivity index (χ2v) is 4.20. The minimum Gasteiger partial charge on any atom is -0.396 e. The summed E-state index contributed by atoms with van der Waals surface area (Å²) in [5.41, 5.74) is 0. The third-order valence-corrected chi connectivity index (χ3v) is 3.49. The fourth-order valence-corrected chi connectivity index (χ4v) is 2.68. The smallest absolute Gasteiger partial charge is 0.0478 e. The van der Waals surface area contributed by atoms with Crippen LogP contribution in [0.15, 0.2) is 17.5 Å². The number of rotatable bonds is 2. The first-order valence-electron chi connectivity index (χ1n) is 4.27. The van der Waals surface area contributed by atoms with E-state index in [9.17, 15) is 0 Å². The maximum Gasteiger partial charge on any atom is 0.0478 e. The van der Waals surface area contributed by atoms with Crippen LogP contribution in [-0.4, -0.2) is 24.8 Å². The quantitative estimate of drug-likeness (QED) is 0.790. The number of halogens is 1. The molecule has 0 bridgehead atoms. The van der Waals surface area contributed by atoms with Gasteiger partial charge in [-0.25, -0.2) is 0 Å². The number of hydrogen-bond donors (Lipinski definition) is 2. The average Bonchev–Trinajstić information content (AvgIpc) is 2.74. The van der Waals surface area contributed by atoms with Gasteiger partial charge in [-0.2, -0.15) is 0 Å². The summed E-state index contributed by atoms with van der Waals surface area (Å²) >= 11 is 1.79. The summed E-state index contributed by atoms with van der Waals surface area (Å²) in [4.78, 5) is 1.40. The van der Waals surface area contributed by atoms with Crippen molar-refractivity contribution in [1.82, 2.24) is 5.32 Å². The van der Waals surface area contributed by atoms with Crippen molar-refractivity contribution in [3.63, 3.8) is 0 Å². The Morgan fingerprint density at radius 3 is 3.00 bits per heavy atom. The highest BCUT2D eigenvalue weighted by Gasteiger charge is 2.27. The van der Waals surface area contributed by atoms with Crippen LogP contribution in [0.2, 0.25) is 0 Å². The minimum atomic E-state index is 0. The molecule has 0 saturated carbocycles. The summed E-state index contributed by atoms with van der Waals surface area (Å²) in [6.45, 7) is 2.28. The standard InChI is InChI=1S/C9H13NOS.ClH/c11-6-7-4-10-5-8(7)9-2-1-3-12-9;/h1-3,7-8,10-11H,4-6H2;1H. The molecule has 2 unspecified atom stereocenters. The van der Waals surface area contributed by atoms with E-state index in [0.29, 0.717) is 18.4 Å². The number of aliphatic hydroxyl groups is 1. The van der Waals surface area contributed by atoms with Crippen molar-refractivity contribution in [2.75, 3.05) is 19.7 Å². The average molecular weight is 220 g/mol. The zero-order valence-corrected chi connectivity index (χ0v) is 8.90. The van der Waals surface area contributed by atoms with Gasteiger partial charge in [-0.05, 0) is 11.4 Å². The molecule has 1 saturated heterocycles. The Bertz CT molecular complexity index is 240. The van der Waals surface area contributed by atoms with Crippen LogP contribution in [0, 0.1) is 5.92 Å². The highest BCUT2D eigenvalue weighted by Crippen LogP contribution is 2.30. The van der Waals surface area contributed by atoms with E-state index in [1.54, 1.807) is 11.3 Å². The van der Waals surface area contributed by atoms with Gasteiger partial charge in [-0.1, -0.05) is 6.07 Å². The molecule has 2 rings (SSSR count). The van der Waals surface area contributed by atoms with Crippen LogP contribution in [0.25, 0.3) is 0 Å². The van der Waals surface area contributed by atoms with E-state index in [1.807, 2.05) is 0 Å². The summed E-state index contributed by atoms with van der Waals surface area (Å²) in [6, 6.07) is 4.23. The number of nitrogens with one attached hydrogen (secondary N) is 1. The van der Waals surface area contributed by atoms with Crippen LogP contribution in [-0.2, 0) is 0 Å². The van der Waals surface area contributed by atoms with Crippen molar-refractivity contribution in [3.05, 3.63) is 22.4 Å². The molecule has 4 heteroatoms. The zero-order valence-electron chi connectivity index (χ0n) is 7.27. The second kappa shape index (κ2) is 4.96. The van der Waals surface area contributed by atoms with Gasteiger partial charge in [0.2, 0.25) is 0 Å². The molecule has 13 heavy (non-hydrogen) atoms. The zero-order chi connectivity index (χ0) is 8.39. The van der Waals surface area contributed by atoms with Crippen molar-refractivity contribution < 1.29 is 5.11 Å². The molecule has 2 nitrogen and oxygen atoms in total. The van der Waals surface area contributed by atoms with Crippen LogP contribution in [0.3, 0.4) is 0 Å². The normalized spacial score (nSPS) is 27.2. The maximum atomic E-state index is 9.10. The van der Waals surface area contributed by atoms with E-state index in [4.69, 9.17) is 5.11 Å². The fourth-order valence-electron chi connectivity index (χ4n) is 1.76. The van der Waals surface area contributed by atoms with Crippen molar-refractivity contribution in [2.24, 2.45) is 5.92 Å². The molecular formula is C9H14ClNOS. The summed E-state index contributed by atoms with van der Waals surface area (Å²) in [7, 11) is 0. The molecule has 0 amide bonds. The lowest BCUT2D eigenvalue weighted by Crippen LogP contribution is -2.14. The molecule has 1 aromatic rings. The Kier molecular flexibility index (Phi) is 4.19. The Balaban J connectivity index is 0.000000845. The minimum absolute atomic E-state index is 0. The van der Waals surface area contributed by atoms with Crippen LogP contribution in [0.5, 0.6) is 0 Å². The van der Waals surface area contributed by atoms with Gasteiger partial charge in [0.25, 0.3) is 0 Å². The van der Waals surface area contributed by atoms with E-state index in [2.05, 4.69) is 22.8 Å². The summed E-state index contributed by atoms with van der Waals surface area (Å²) in [5, 5.41) is 14.5. The Hall–Kier alpha value is -0.0900. The lowest BCUT2D eigenvalue weighted by molar-refractivity contribution is 0.227. The molecule has 1 fully saturated rings. The van der Waals surface area contributed by atoms with E-state index in [-0.39, 0.29) is 12.4 Å². The topological polar surface area (TPSA) is 32.3 Å². The summed E-state index contributed by atoms with van der Waals surface area (Å²) in [5.74, 6) is 0.957. The number of hydrogen-bond acceptors (Lipinski definition) is 3. The highest BCUT2D eigenvalue weighted by molar-refractivity contribution is 7.10. The Labute approximate surface area is 88.4 Å². The van der Waals surface area contributed by atoms with Crippen molar-refractivity contribution in [3.8, 4) is 0 Å². The molecule has 2 heterocycles. The monoisotopic (exact) mass is 219 g/mol. The molecule has 0 aliphatic carbocycles. The third kappa shape index (κ3) is 2.23. The predicted molar refractivity (Wildman–Crippen MR) is 57.8 cm³/mol. The number of thiophene rings is 1. The Morgan fingerprint density at radius 2 is 2.38 bits per heavy atom. The lowest BCUT2D eigenvalue weighted by Gasteiger charge is -2.13. The van der Waals surface area contributed by atoms with Gasteiger partial charge >= 0.3 is 0 Å². The summed E-state index contributed by atoms with van der Waals surface area (Å²) in [6.07, 6.45) is 0. The van der Waals surface area contributed by atoms with E-state index >= 15 is 0 Å². The van der Waals surface area contributed by atoms with E-state index < -0.39 is 0 Å². The first kappa shape index (κ1) is 11.0. The SMILES string of the molecule is Cl.OCC1CNCC1c1cccs1. The number of aliphatic hydroxyl groups excluding tert-OH is 1. The van der Waals surface area contributed by atoms with E-state index in [1.165, 1.54) is 4.88 Å². The van der Waals surface area contributed by atoms with Gasteiger partial charge in [0, 0.05) is 36.4 Å². The van der Waals surface area contributed by atoms with Gasteiger partial charge in [0.1, 0.15) is 0 Å². The van der Waals surface area contributed by atoms with Crippen LogP contribution in [0.4, 0.5) is 0 Å². The highest BCUT2D eigenvalue weighted by atomic mass is 35.5. The lowest BCUT2D eigenvalue weighted by atomic mass is 9.95. The van der Waals surface area contributed by atoms with Crippen LogP contribution in [0.1, 0.15) is 10.8 Å². The molecule has 1 aromatic heterocycles. The maximum absolute atomic E-state index is 9.10. The van der Waals surface area contributed by atoms with Gasteiger partial charge in [0.05, 0.1) is 0 Å². The summed E-state index contributed by atoms with van der Waals surface area (Å²) < 4.78 is 0. The van der Waals surface area contributed by atoms with Crippen LogP contribution < -0.4 is 5.32 Å². The third-order valence-electron chi connectivity index (χ3n) is 2.48. The first-order valence-corrected chi connectivity index (χ1v) is 5.14. The molecule has 0 spiro atoms. The first-order chi connectivity index (χ1) is 5.92. The van der Waals surface area contributed by atoms with Crippen molar-refractivity contribution in [1.29, 1.82) is 0 Å². The van der Waals surface area contributed by atoms with Crippen molar-refractivity contribution >= 4 is 23.7 Å². The molecule has 74 valence electrons. The predicted octanol–water partition coefficient (Wildman–Crippen LogP) is 1.47. The molecule has 1 aliphatic rings. The van der Waals surface area contributed by atoms with Gasteiger partial charge < -0.3 is 10.4 Å². The molecule has 2 N–H and O–H groups in total. The van der Waals surface area contributed by atoms with Crippen molar-refractivity contribution in [2.45, 2.75) is 5.92 Å². The van der Waals surface area contributed by atoms with Gasteiger partial charge in [-0.3, -0.25) is 0 Å². The second-order valence-electron chi connectivity index (χ2n) is 3.22. The molecule has 2 atom stereocenters. The molecule has 1 aliphatic heterocycles. The van der Waals surface area contributed by atoms with E-state index in [0.717, 1.165) is 13.1 Å². The fraction of sp³-hybridized carbons (Fsp3) is 0.556. The largest absolute Gasteiger partial charge is 0.396 e. The molecular weight excluding hydrogens is 206 g/mol. The van der Waals surface area contributed by atoms with Gasteiger partial charge in [-0.15, -0.1) is 23.7 Å². The molecule has 0 aromatic carbocycles. The van der Waals surface area contributed by atoms with Gasteiger partial charge in [0.15, 0.2) is 0 Å². The molecule has 0 radical (unpaired) electrons. The van der Waals surface area contributed by atoms with Crippen LogP contribution >= 0.6 is 23.7 Å². The Morgan fingerprint density at radius 1 is 1.54 bits per heavy atom.